The van der Waals surface area contributed by atoms with E-state index in [-0.39, 0.29) is 0 Å². The van der Waals surface area contributed by atoms with Gasteiger partial charge in [0.15, 0.2) is 0 Å². The smallest absolute Gasteiger partial charge is 0.147 e. The van der Waals surface area contributed by atoms with Crippen molar-refractivity contribution in [2.24, 2.45) is 23.7 Å². The van der Waals surface area contributed by atoms with Gasteiger partial charge in [-0.1, -0.05) is 6.42 Å². The fraction of sp³-hybridized carbons (Fsp3) is 1.00. The number of quaternary nitrogens is 1. The van der Waals surface area contributed by atoms with Crippen LogP contribution in [0.3, 0.4) is 0 Å². The second-order valence-electron chi connectivity index (χ2n) is 7.71. The monoisotopic (exact) mass is 264 g/mol. The zero-order valence-electron chi connectivity index (χ0n) is 11.7. The van der Waals surface area contributed by atoms with Crippen molar-refractivity contribution in [2.45, 2.75) is 56.8 Å². The van der Waals surface area contributed by atoms with E-state index in [4.69, 9.17) is 9.47 Å². The Labute approximate surface area is 115 Å². The van der Waals surface area contributed by atoms with Crippen molar-refractivity contribution < 1.29 is 14.4 Å². The number of rotatable bonds is 0. The van der Waals surface area contributed by atoms with Gasteiger partial charge in [-0.25, -0.2) is 0 Å². The highest BCUT2D eigenvalue weighted by Gasteiger charge is 2.56. The molecule has 3 heterocycles. The lowest BCUT2D eigenvalue weighted by Gasteiger charge is -2.51. The first-order valence-electron chi connectivity index (χ1n) is 8.48. The minimum atomic E-state index is 0.430. The van der Waals surface area contributed by atoms with Crippen molar-refractivity contribution in [1.29, 1.82) is 0 Å². The van der Waals surface area contributed by atoms with Gasteiger partial charge < -0.3 is 14.4 Å². The molecule has 3 heteroatoms. The molecular weight excluding hydrogens is 238 g/mol. The molecule has 0 spiro atoms. The second kappa shape index (κ2) is 4.19. The van der Waals surface area contributed by atoms with Crippen LogP contribution < -0.4 is 4.90 Å². The maximum atomic E-state index is 5.83. The lowest BCUT2D eigenvalue weighted by Crippen LogP contribution is -3.17. The van der Waals surface area contributed by atoms with Crippen LogP contribution >= 0.6 is 0 Å². The summed E-state index contributed by atoms with van der Waals surface area (Å²) in [4.78, 5) is 1.97. The minimum absolute atomic E-state index is 0.430. The first kappa shape index (κ1) is 11.5. The Kier molecular flexibility index (Phi) is 2.54. The van der Waals surface area contributed by atoms with Crippen molar-refractivity contribution >= 4 is 0 Å². The molecule has 3 aliphatic heterocycles. The third kappa shape index (κ3) is 1.61. The molecule has 3 nitrogen and oxygen atoms in total. The van der Waals surface area contributed by atoms with Gasteiger partial charge in [-0.05, 0) is 31.6 Å². The van der Waals surface area contributed by atoms with Gasteiger partial charge in [0.05, 0.1) is 31.3 Å². The lowest BCUT2D eigenvalue weighted by atomic mass is 9.61. The highest BCUT2D eigenvalue weighted by molar-refractivity contribution is 4.99. The average molecular weight is 264 g/mol. The van der Waals surface area contributed by atoms with Crippen molar-refractivity contribution in [1.82, 2.24) is 0 Å². The van der Waals surface area contributed by atoms with Gasteiger partial charge >= 0.3 is 0 Å². The van der Waals surface area contributed by atoms with Crippen LogP contribution in [0.4, 0.5) is 0 Å². The standard InChI is InChI=1S/C16H25NO2/c1-2-10-4-5-17-8-11-6-14-15(19-9-18-14)7-13(11)12(3-1)16(10)17/h10-16H,1-9H2/p+1. The van der Waals surface area contributed by atoms with Gasteiger partial charge in [0, 0.05) is 24.2 Å². The van der Waals surface area contributed by atoms with E-state index in [1.807, 2.05) is 4.90 Å². The van der Waals surface area contributed by atoms with Crippen molar-refractivity contribution in [3.63, 3.8) is 0 Å². The van der Waals surface area contributed by atoms with Gasteiger partial charge in [0.25, 0.3) is 0 Å². The van der Waals surface area contributed by atoms with E-state index in [9.17, 15) is 0 Å². The summed E-state index contributed by atoms with van der Waals surface area (Å²) in [7, 11) is 0. The number of hydrogen-bond acceptors (Lipinski definition) is 2. The van der Waals surface area contributed by atoms with Crippen LogP contribution in [-0.4, -0.2) is 38.1 Å². The summed E-state index contributed by atoms with van der Waals surface area (Å²) in [6, 6.07) is 1.02. The van der Waals surface area contributed by atoms with E-state index in [1.165, 1.54) is 51.6 Å². The van der Waals surface area contributed by atoms with Crippen molar-refractivity contribution in [3.05, 3.63) is 0 Å². The third-order valence-electron chi connectivity index (χ3n) is 7.09. The summed E-state index contributed by atoms with van der Waals surface area (Å²) in [5, 5.41) is 0. The molecule has 0 radical (unpaired) electrons. The van der Waals surface area contributed by atoms with Gasteiger partial charge in [-0.15, -0.1) is 0 Å². The summed E-state index contributed by atoms with van der Waals surface area (Å²) < 4.78 is 11.6. The van der Waals surface area contributed by atoms with E-state index in [2.05, 4.69) is 0 Å². The fourth-order valence-corrected chi connectivity index (χ4v) is 6.44. The molecule has 5 aliphatic rings. The molecule has 0 aromatic rings. The van der Waals surface area contributed by atoms with Crippen LogP contribution in [-0.2, 0) is 9.47 Å². The van der Waals surface area contributed by atoms with E-state index in [0.29, 0.717) is 19.0 Å². The molecule has 2 aliphatic carbocycles. The van der Waals surface area contributed by atoms with Crippen LogP contribution in [0.2, 0.25) is 0 Å². The summed E-state index contributed by atoms with van der Waals surface area (Å²) in [6.07, 6.45) is 9.48. The molecule has 5 rings (SSSR count). The molecule has 0 amide bonds. The second-order valence-corrected chi connectivity index (χ2v) is 7.71. The number of piperidine rings is 1. The fourth-order valence-electron chi connectivity index (χ4n) is 6.44. The van der Waals surface area contributed by atoms with Crippen LogP contribution in [0.1, 0.15) is 38.5 Å². The summed E-state index contributed by atoms with van der Waals surface area (Å²) in [6.45, 7) is 3.46. The van der Waals surface area contributed by atoms with Crippen LogP contribution in [0.15, 0.2) is 0 Å². The molecule has 106 valence electrons. The van der Waals surface area contributed by atoms with E-state index < -0.39 is 0 Å². The van der Waals surface area contributed by atoms with E-state index in [1.54, 1.807) is 0 Å². The molecular formula is C16H26NO2+. The number of hydrogen-bond donors (Lipinski definition) is 1. The Morgan fingerprint density at radius 2 is 1.74 bits per heavy atom. The number of fused-ring (bicyclic) bond motifs is 3. The van der Waals surface area contributed by atoms with E-state index in [0.717, 1.165) is 29.7 Å². The Morgan fingerprint density at radius 3 is 2.68 bits per heavy atom. The SMILES string of the molecule is C1CC2CC[NH+]3CC4CC5OCOC5CC4C(C1)C23. The zero-order valence-corrected chi connectivity index (χ0v) is 11.7. The molecule has 0 bridgehead atoms. The van der Waals surface area contributed by atoms with Crippen molar-refractivity contribution in [3.8, 4) is 0 Å². The van der Waals surface area contributed by atoms with Crippen LogP contribution in [0.5, 0.6) is 0 Å². The Bertz CT molecular complexity index is 374. The average Bonchev–Trinajstić information content (AvgIpc) is 3.05. The highest BCUT2D eigenvalue weighted by Crippen LogP contribution is 2.48. The maximum Gasteiger partial charge on any atom is 0.147 e. The summed E-state index contributed by atoms with van der Waals surface area (Å²) >= 11 is 0. The van der Waals surface area contributed by atoms with Crippen molar-refractivity contribution in [2.75, 3.05) is 19.9 Å². The highest BCUT2D eigenvalue weighted by atomic mass is 16.7. The lowest BCUT2D eigenvalue weighted by molar-refractivity contribution is -0.930. The Balaban J connectivity index is 1.45. The maximum absolute atomic E-state index is 5.83. The topological polar surface area (TPSA) is 22.9 Å². The first-order chi connectivity index (χ1) is 9.40. The molecule has 0 aromatic heterocycles. The molecule has 3 saturated heterocycles. The Hall–Kier alpha value is -0.120. The summed E-state index contributed by atoms with van der Waals surface area (Å²) in [5.41, 5.74) is 0. The molecule has 8 atom stereocenters. The predicted molar refractivity (Wildman–Crippen MR) is 70.8 cm³/mol. The van der Waals surface area contributed by atoms with E-state index >= 15 is 0 Å². The third-order valence-corrected chi connectivity index (χ3v) is 7.09. The Morgan fingerprint density at radius 1 is 0.842 bits per heavy atom. The summed E-state index contributed by atoms with van der Waals surface area (Å²) in [5.74, 6) is 3.96. The first-order valence-corrected chi connectivity index (χ1v) is 8.48. The molecule has 2 saturated carbocycles. The molecule has 0 aromatic carbocycles. The molecule has 8 unspecified atom stereocenters. The largest absolute Gasteiger partial charge is 0.349 e. The van der Waals surface area contributed by atoms with Gasteiger partial charge in [-0.2, -0.15) is 0 Å². The van der Waals surface area contributed by atoms with Gasteiger partial charge in [-0.3, -0.25) is 0 Å². The normalized spacial score (nSPS) is 59.4. The van der Waals surface area contributed by atoms with Gasteiger partial charge in [0.2, 0.25) is 0 Å². The number of ether oxygens (including phenoxy) is 2. The van der Waals surface area contributed by atoms with Crippen LogP contribution in [0.25, 0.3) is 0 Å². The zero-order chi connectivity index (χ0) is 12.4. The predicted octanol–water partition coefficient (Wildman–Crippen LogP) is 0.841. The molecule has 5 fully saturated rings. The number of nitrogens with one attached hydrogen (secondary N) is 1. The quantitative estimate of drug-likeness (QED) is 0.701. The molecule has 19 heavy (non-hydrogen) atoms. The minimum Gasteiger partial charge on any atom is -0.349 e. The van der Waals surface area contributed by atoms with Gasteiger partial charge in [0.1, 0.15) is 6.79 Å². The molecule has 1 N–H and O–H groups in total. The van der Waals surface area contributed by atoms with Crippen LogP contribution in [0, 0.1) is 23.7 Å².